The number of benzene rings is 1. The number of piperidine rings is 1. The van der Waals surface area contributed by atoms with Gasteiger partial charge < -0.3 is 15.2 Å². The van der Waals surface area contributed by atoms with E-state index in [-0.39, 0.29) is 0 Å². The summed E-state index contributed by atoms with van der Waals surface area (Å²) in [5, 5.41) is 0. The SMILES string of the molecule is NC1CCN(C2CCc3cc4c(cc32)OCO4)CC1. The van der Waals surface area contributed by atoms with Crippen LogP contribution in [0.3, 0.4) is 0 Å². The van der Waals surface area contributed by atoms with E-state index in [1.54, 1.807) is 0 Å². The molecule has 0 amide bonds. The molecule has 1 aromatic carbocycles. The summed E-state index contributed by atoms with van der Waals surface area (Å²) in [4.78, 5) is 2.59. The van der Waals surface area contributed by atoms with Crippen LogP contribution in [0.1, 0.15) is 36.4 Å². The van der Waals surface area contributed by atoms with E-state index in [0.29, 0.717) is 18.9 Å². The van der Waals surface area contributed by atoms with E-state index < -0.39 is 0 Å². The first-order valence-electron chi connectivity index (χ1n) is 7.23. The van der Waals surface area contributed by atoms with E-state index in [4.69, 9.17) is 15.2 Å². The Hall–Kier alpha value is -1.26. The molecule has 2 aliphatic heterocycles. The Labute approximate surface area is 113 Å². The fourth-order valence-corrected chi connectivity index (χ4v) is 3.58. The van der Waals surface area contributed by atoms with Gasteiger partial charge in [0, 0.05) is 25.2 Å². The number of fused-ring (bicyclic) bond motifs is 2. The zero-order chi connectivity index (χ0) is 12.8. The molecular weight excluding hydrogens is 240 g/mol. The molecule has 1 saturated heterocycles. The summed E-state index contributed by atoms with van der Waals surface area (Å²) in [6.45, 7) is 2.61. The van der Waals surface area contributed by atoms with E-state index in [9.17, 15) is 0 Å². The van der Waals surface area contributed by atoms with Gasteiger partial charge in [0.1, 0.15) is 0 Å². The molecular formula is C15H20N2O2. The number of rotatable bonds is 1. The fraction of sp³-hybridized carbons (Fsp3) is 0.600. The van der Waals surface area contributed by atoms with Crippen molar-refractivity contribution in [1.29, 1.82) is 0 Å². The Morgan fingerprint density at radius 1 is 1.05 bits per heavy atom. The molecule has 4 nitrogen and oxygen atoms in total. The maximum atomic E-state index is 6.00. The number of nitrogens with two attached hydrogens (primary N) is 1. The molecule has 1 fully saturated rings. The molecule has 0 aromatic heterocycles. The van der Waals surface area contributed by atoms with Gasteiger partial charge in [-0.3, -0.25) is 4.90 Å². The van der Waals surface area contributed by atoms with Crippen LogP contribution in [0.5, 0.6) is 11.5 Å². The summed E-state index contributed by atoms with van der Waals surface area (Å²) in [5.41, 5.74) is 8.88. The number of likely N-dealkylation sites (tertiary alicyclic amines) is 1. The Morgan fingerprint density at radius 3 is 2.58 bits per heavy atom. The van der Waals surface area contributed by atoms with E-state index in [1.807, 2.05) is 0 Å². The first kappa shape index (κ1) is 11.6. The van der Waals surface area contributed by atoms with Crippen LogP contribution < -0.4 is 15.2 Å². The minimum atomic E-state index is 0.363. The van der Waals surface area contributed by atoms with Crippen LogP contribution in [0.4, 0.5) is 0 Å². The number of aryl methyl sites for hydroxylation is 1. The van der Waals surface area contributed by atoms with Crippen molar-refractivity contribution < 1.29 is 9.47 Å². The van der Waals surface area contributed by atoms with Crippen molar-refractivity contribution in [2.45, 2.75) is 37.8 Å². The van der Waals surface area contributed by atoms with E-state index in [2.05, 4.69) is 17.0 Å². The second-order valence-corrected chi connectivity index (χ2v) is 5.83. The second-order valence-electron chi connectivity index (χ2n) is 5.83. The summed E-state index contributed by atoms with van der Waals surface area (Å²) >= 11 is 0. The smallest absolute Gasteiger partial charge is 0.231 e. The van der Waals surface area contributed by atoms with Gasteiger partial charge in [-0.25, -0.2) is 0 Å². The Morgan fingerprint density at radius 2 is 1.79 bits per heavy atom. The fourth-order valence-electron chi connectivity index (χ4n) is 3.58. The Balaban J connectivity index is 1.61. The molecule has 2 N–H and O–H groups in total. The average Bonchev–Trinajstić information content (AvgIpc) is 3.03. The zero-order valence-corrected chi connectivity index (χ0v) is 11.1. The van der Waals surface area contributed by atoms with Crippen LogP contribution in [0.15, 0.2) is 12.1 Å². The van der Waals surface area contributed by atoms with Crippen molar-refractivity contribution in [3.05, 3.63) is 23.3 Å². The third-order valence-corrected chi connectivity index (χ3v) is 4.70. The largest absolute Gasteiger partial charge is 0.454 e. The molecule has 1 aromatic rings. The van der Waals surface area contributed by atoms with Gasteiger partial charge in [-0.15, -0.1) is 0 Å². The van der Waals surface area contributed by atoms with Gasteiger partial charge in [0.15, 0.2) is 11.5 Å². The van der Waals surface area contributed by atoms with Gasteiger partial charge in [0.05, 0.1) is 0 Å². The van der Waals surface area contributed by atoms with Crippen molar-refractivity contribution in [3.63, 3.8) is 0 Å². The standard InChI is InChI=1S/C15H20N2O2/c16-11-3-5-17(6-4-11)13-2-1-10-7-14-15(8-12(10)13)19-9-18-14/h7-8,11,13H,1-6,9,16H2. The van der Waals surface area contributed by atoms with E-state index in [0.717, 1.165) is 43.9 Å². The van der Waals surface area contributed by atoms with Gasteiger partial charge in [-0.1, -0.05) is 0 Å². The first-order valence-corrected chi connectivity index (χ1v) is 7.23. The predicted molar refractivity (Wildman–Crippen MR) is 72.4 cm³/mol. The van der Waals surface area contributed by atoms with Crippen LogP contribution in [0.2, 0.25) is 0 Å². The maximum Gasteiger partial charge on any atom is 0.231 e. The van der Waals surface area contributed by atoms with Crippen molar-refractivity contribution >= 4 is 0 Å². The summed E-state index contributed by atoms with van der Waals surface area (Å²) in [6, 6.07) is 5.32. The second kappa shape index (κ2) is 4.39. The normalized spacial score (nSPS) is 26.7. The minimum absolute atomic E-state index is 0.363. The van der Waals surface area contributed by atoms with Crippen LogP contribution in [0.25, 0.3) is 0 Å². The number of hydrogen-bond acceptors (Lipinski definition) is 4. The molecule has 1 aliphatic carbocycles. The molecule has 3 aliphatic rings. The van der Waals surface area contributed by atoms with Gasteiger partial charge >= 0.3 is 0 Å². The highest BCUT2D eigenvalue weighted by molar-refractivity contribution is 5.51. The van der Waals surface area contributed by atoms with Crippen LogP contribution >= 0.6 is 0 Å². The predicted octanol–water partition coefficient (Wildman–Crippen LogP) is 1.83. The first-order chi connectivity index (χ1) is 9.31. The molecule has 2 heterocycles. The van der Waals surface area contributed by atoms with Crippen molar-refractivity contribution in [1.82, 2.24) is 4.90 Å². The number of hydrogen-bond donors (Lipinski definition) is 1. The zero-order valence-electron chi connectivity index (χ0n) is 11.1. The lowest BCUT2D eigenvalue weighted by Crippen LogP contribution is -2.41. The highest BCUT2D eigenvalue weighted by atomic mass is 16.7. The van der Waals surface area contributed by atoms with E-state index in [1.165, 1.54) is 17.5 Å². The topological polar surface area (TPSA) is 47.7 Å². The summed E-state index contributed by atoms with van der Waals surface area (Å²) in [5.74, 6) is 1.83. The van der Waals surface area contributed by atoms with Crippen molar-refractivity contribution in [2.24, 2.45) is 5.73 Å². The molecule has 0 radical (unpaired) electrons. The summed E-state index contributed by atoms with van der Waals surface area (Å²) in [7, 11) is 0. The molecule has 19 heavy (non-hydrogen) atoms. The highest BCUT2D eigenvalue weighted by Crippen LogP contribution is 2.44. The number of nitrogens with zero attached hydrogens (tertiary/aromatic N) is 1. The van der Waals surface area contributed by atoms with Crippen LogP contribution in [-0.2, 0) is 6.42 Å². The van der Waals surface area contributed by atoms with Crippen LogP contribution in [0, 0.1) is 0 Å². The Kier molecular flexibility index (Phi) is 2.67. The molecule has 4 heteroatoms. The monoisotopic (exact) mass is 260 g/mol. The van der Waals surface area contributed by atoms with Crippen molar-refractivity contribution in [3.8, 4) is 11.5 Å². The lowest BCUT2D eigenvalue weighted by atomic mass is 10.0. The Bertz CT molecular complexity index is 495. The van der Waals surface area contributed by atoms with Gasteiger partial charge in [0.25, 0.3) is 0 Å². The molecule has 1 unspecified atom stereocenters. The molecule has 1 atom stereocenters. The van der Waals surface area contributed by atoms with Gasteiger partial charge in [-0.05, 0) is 48.9 Å². The van der Waals surface area contributed by atoms with Gasteiger partial charge in [0.2, 0.25) is 6.79 Å². The van der Waals surface area contributed by atoms with Crippen LogP contribution in [-0.4, -0.2) is 30.8 Å². The van der Waals surface area contributed by atoms with Gasteiger partial charge in [-0.2, -0.15) is 0 Å². The molecule has 0 saturated carbocycles. The molecule has 0 bridgehead atoms. The minimum Gasteiger partial charge on any atom is -0.454 e. The van der Waals surface area contributed by atoms with Crippen molar-refractivity contribution in [2.75, 3.05) is 19.9 Å². The summed E-state index contributed by atoms with van der Waals surface area (Å²) < 4.78 is 11.0. The quantitative estimate of drug-likeness (QED) is 0.837. The van der Waals surface area contributed by atoms with E-state index >= 15 is 0 Å². The molecule has 102 valence electrons. The number of ether oxygens (including phenoxy) is 2. The maximum absolute atomic E-state index is 6.00. The molecule has 0 spiro atoms. The summed E-state index contributed by atoms with van der Waals surface area (Å²) in [6.07, 6.45) is 4.61. The lowest BCUT2D eigenvalue weighted by molar-refractivity contribution is 0.152. The highest BCUT2D eigenvalue weighted by Gasteiger charge is 2.32. The third kappa shape index (κ3) is 1.90. The average molecular weight is 260 g/mol. The third-order valence-electron chi connectivity index (χ3n) is 4.70. The molecule has 4 rings (SSSR count). The lowest BCUT2D eigenvalue weighted by Gasteiger charge is -2.35.